The zero-order valence-electron chi connectivity index (χ0n) is 14.9. The van der Waals surface area contributed by atoms with Crippen LogP contribution < -0.4 is 15.5 Å². The SMILES string of the molecule is Cc1ccc(NC(=O)CCNc2ccc(N3CCCCC3)cc2)cc1. The first-order valence-electron chi connectivity index (χ1n) is 9.16. The summed E-state index contributed by atoms with van der Waals surface area (Å²) in [4.78, 5) is 14.4. The molecule has 4 heteroatoms. The van der Waals surface area contributed by atoms with Crippen molar-refractivity contribution in [3.8, 4) is 0 Å². The van der Waals surface area contributed by atoms with Gasteiger partial charge in [-0.3, -0.25) is 4.79 Å². The van der Waals surface area contributed by atoms with E-state index in [2.05, 4.69) is 39.8 Å². The van der Waals surface area contributed by atoms with Crippen molar-refractivity contribution >= 4 is 23.0 Å². The fraction of sp³-hybridized carbons (Fsp3) is 0.381. The molecular weight excluding hydrogens is 310 g/mol. The Morgan fingerprint density at radius 3 is 2.24 bits per heavy atom. The van der Waals surface area contributed by atoms with Crippen molar-refractivity contribution in [3.63, 3.8) is 0 Å². The van der Waals surface area contributed by atoms with Crippen molar-refractivity contribution in [3.05, 3.63) is 54.1 Å². The van der Waals surface area contributed by atoms with E-state index < -0.39 is 0 Å². The van der Waals surface area contributed by atoms with Gasteiger partial charge in [-0.1, -0.05) is 17.7 Å². The molecule has 0 atom stereocenters. The van der Waals surface area contributed by atoms with Gasteiger partial charge in [-0.15, -0.1) is 0 Å². The third-order valence-electron chi connectivity index (χ3n) is 4.61. The van der Waals surface area contributed by atoms with Gasteiger partial charge in [0, 0.05) is 43.1 Å². The molecule has 25 heavy (non-hydrogen) atoms. The quantitative estimate of drug-likeness (QED) is 0.820. The van der Waals surface area contributed by atoms with E-state index >= 15 is 0 Å². The lowest BCUT2D eigenvalue weighted by Crippen LogP contribution is -2.29. The summed E-state index contributed by atoms with van der Waals surface area (Å²) < 4.78 is 0. The number of nitrogens with one attached hydrogen (secondary N) is 2. The monoisotopic (exact) mass is 337 g/mol. The Bertz CT molecular complexity index is 673. The summed E-state index contributed by atoms with van der Waals surface area (Å²) >= 11 is 0. The van der Waals surface area contributed by atoms with Gasteiger partial charge in [-0.05, 0) is 62.6 Å². The van der Waals surface area contributed by atoms with E-state index in [1.807, 2.05) is 31.2 Å². The number of hydrogen-bond donors (Lipinski definition) is 2. The number of aryl methyl sites for hydroxylation is 1. The molecular formula is C21H27N3O. The average Bonchev–Trinajstić information content (AvgIpc) is 2.65. The Morgan fingerprint density at radius 2 is 1.56 bits per heavy atom. The van der Waals surface area contributed by atoms with Gasteiger partial charge in [0.15, 0.2) is 0 Å². The van der Waals surface area contributed by atoms with E-state index in [4.69, 9.17) is 0 Å². The molecule has 1 saturated heterocycles. The first kappa shape index (κ1) is 17.3. The molecule has 1 amide bonds. The molecule has 0 aromatic heterocycles. The highest BCUT2D eigenvalue weighted by molar-refractivity contribution is 5.91. The van der Waals surface area contributed by atoms with Crippen molar-refractivity contribution in [2.75, 3.05) is 35.2 Å². The van der Waals surface area contributed by atoms with Crippen molar-refractivity contribution in [1.82, 2.24) is 0 Å². The molecule has 1 fully saturated rings. The fourth-order valence-electron chi connectivity index (χ4n) is 3.12. The number of benzene rings is 2. The van der Waals surface area contributed by atoms with Crippen LogP contribution in [0.5, 0.6) is 0 Å². The largest absolute Gasteiger partial charge is 0.385 e. The molecule has 2 aromatic rings. The highest BCUT2D eigenvalue weighted by Gasteiger charge is 2.10. The van der Waals surface area contributed by atoms with Gasteiger partial charge in [-0.2, -0.15) is 0 Å². The summed E-state index contributed by atoms with van der Waals surface area (Å²) in [5.41, 5.74) is 4.39. The number of rotatable bonds is 6. The van der Waals surface area contributed by atoms with Crippen LogP contribution in [0.1, 0.15) is 31.2 Å². The fourth-order valence-corrected chi connectivity index (χ4v) is 3.12. The molecule has 0 spiro atoms. The molecule has 2 aromatic carbocycles. The van der Waals surface area contributed by atoms with Crippen molar-refractivity contribution < 1.29 is 4.79 Å². The zero-order chi connectivity index (χ0) is 17.5. The number of carbonyl (C=O) groups is 1. The second kappa shape index (κ2) is 8.56. The Hall–Kier alpha value is -2.49. The molecule has 0 aliphatic carbocycles. The van der Waals surface area contributed by atoms with Crippen LogP contribution in [0.15, 0.2) is 48.5 Å². The molecule has 0 saturated carbocycles. The van der Waals surface area contributed by atoms with Crippen molar-refractivity contribution in [2.24, 2.45) is 0 Å². The summed E-state index contributed by atoms with van der Waals surface area (Å²) in [5, 5.41) is 6.24. The lowest BCUT2D eigenvalue weighted by molar-refractivity contribution is -0.115. The molecule has 3 rings (SSSR count). The summed E-state index contributed by atoms with van der Waals surface area (Å²) in [7, 11) is 0. The number of anilines is 3. The van der Waals surface area contributed by atoms with E-state index in [9.17, 15) is 4.79 Å². The standard InChI is InChI=1S/C21H27N3O/c1-17-5-7-19(8-6-17)23-21(25)13-14-22-18-9-11-20(12-10-18)24-15-3-2-4-16-24/h5-12,22H,2-4,13-16H2,1H3,(H,23,25). The lowest BCUT2D eigenvalue weighted by Gasteiger charge is -2.28. The lowest BCUT2D eigenvalue weighted by atomic mass is 10.1. The second-order valence-electron chi connectivity index (χ2n) is 6.69. The van der Waals surface area contributed by atoms with E-state index in [0.717, 1.165) is 24.5 Å². The topological polar surface area (TPSA) is 44.4 Å². The Labute approximate surface area is 150 Å². The maximum Gasteiger partial charge on any atom is 0.226 e. The predicted molar refractivity (Wildman–Crippen MR) is 105 cm³/mol. The third-order valence-corrected chi connectivity index (χ3v) is 4.61. The van der Waals surface area contributed by atoms with Gasteiger partial charge >= 0.3 is 0 Å². The molecule has 4 nitrogen and oxygen atoms in total. The molecule has 0 bridgehead atoms. The maximum atomic E-state index is 12.0. The van der Waals surface area contributed by atoms with Gasteiger partial charge < -0.3 is 15.5 Å². The van der Waals surface area contributed by atoms with Crippen LogP contribution in [0.25, 0.3) is 0 Å². The van der Waals surface area contributed by atoms with Crippen molar-refractivity contribution in [1.29, 1.82) is 0 Å². The van der Waals surface area contributed by atoms with Crippen LogP contribution in [-0.4, -0.2) is 25.5 Å². The van der Waals surface area contributed by atoms with Crippen LogP contribution in [0, 0.1) is 6.92 Å². The third kappa shape index (κ3) is 5.24. The predicted octanol–water partition coefficient (Wildman–Crippen LogP) is 4.43. The highest BCUT2D eigenvalue weighted by atomic mass is 16.1. The molecule has 2 N–H and O–H groups in total. The second-order valence-corrected chi connectivity index (χ2v) is 6.69. The minimum atomic E-state index is 0.0290. The molecule has 1 aliphatic rings. The van der Waals surface area contributed by atoms with Crippen LogP contribution in [0.2, 0.25) is 0 Å². The van der Waals surface area contributed by atoms with E-state index in [1.165, 1.54) is 30.5 Å². The molecule has 1 aliphatic heterocycles. The maximum absolute atomic E-state index is 12.0. The normalized spacial score (nSPS) is 14.2. The average molecular weight is 337 g/mol. The van der Waals surface area contributed by atoms with E-state index in [-0.39, 0.29) is 5.91 Å². The first-order chi connectivity index (χ1) is 12.2. The molecule has 132 valence electrons. The van der Waals surface area contributed by atoms with Crippen molar-refractivity contribution in [2.45, 2.75) is 32.6 Å². The molecule has 0 unspecified atom stereocenters. The number of hydrogen-bond acceptors (Lipinski definition) is 3. The summed E-state index contributed by atoms with van der Waals surface area (Å²) in [5.74, 6) is 0.0290. The summed E-state index contributed by atoms with van der Waals surface area (Å²) in [6.07, 6.45) is 4.37. The minimum Gasteiger partial charge on any atom is -0.385 e. The van der Waals surface area contributed by atoms with Crippen LogP contribution in [0.3, 0.4) is 0 Å². The van der Waals surface area contributed by atoms with E-state index in [0.29, 0.717) is 13.0 Å². The smallest absolute Gasteiger partial charge is 0.226 e. The number of piperidine rings is 1. The van der Waals surface area contributed by atoms with Gasteiger partial charge in [0.2, 0.25) is 5.91 Å². The van der Waals surface area contributed by atoms with Gasteiger partial charge in [0.25, 0.3) is 0 Å². The first-order valence-corrected chi connectivity index (χ1v) is 9.16. The van der Waals surface area contributed by atoms with Gasteiger partial charge in [0.05, 0.1) is 0 Å². The molecule has 1 heterocycles. The van der Waals surface area contributed by atoms with E-state index in [1.54, 1.807) is 0 Å². The number of carbonyl (C=O) groups excluding carboxylic acids is 1. The molecule has 0 radical (unpaired) electrons. The summed E-state index contributed by atoms with van der Waals surface area (Å²) in [6.45, 7) is 4.98. The zero-order valence-corrected chi connectivity index (χ0v) is 14.9. The van der Waals surface area contributed by atoms with Gasteiger partial charge in [-0.25, -0.2) is 0 Å². The highest BCUT2D eigenvalue weighted by Crippen LogP contribution is 2.21. The van der Waals surface area contributed by atoms with Crippen LogP contribution in [0.4, 0.5) is 17.1 Å². The van der Waals surface area contributed by atoms with Crippen LogP contribution in [-0.2, 0) is 4.79 Å². The Morgan fingerprint density at radius 1 is 0.920 bits per heavy atom. The summed E-state index contributed by atoms with van der Waals surface area (Å²) in [6, 6.07) is 16.4. The Balaban J connectivity index is 1.42. The number of amides is 1. The minimum absolute atomic E-state index is 0.0290. The van der Waals surface area contributed by atoms with Gasteiger partial charge in [0.1, 0.15) is 0 Å². The number of nitrogens with zero attached hydrogens (tertiary/aromatic N) is 1. The van der Waals surface area contributed by atoms with Crippen LogP contribution >= 0.6 is 0 Å². The Kier molecular flexibility index (Phi) is 5.94.